The molecule has 158 valence electrons. The molecule has 0 aliphatic heterocycles. The smallest absolute Gasteiger partial charge is 0.222 e. The van der Waals surface area contributed by atoms with Gasteiger partial charge in [0.15, 0.2) is 4.90 Å². The number of rotatable bonds is 10. The van der Waals surface area contributed by atoms with Gasteiger partial charge in [-0.15, -0.1) is 0 Å². The first-order valence-electron chi connectivity index (χ1n) is 9.51. The van der Waals surface area contributed by atoms with Gasteiger partial charge in [-0.25, -0.2) is 4.39 Å². The van der Waals surface area contributed by atoms with Gasteiger partial charge in [-0.05, 0) is 67.5 Å². The number of carbonyl (C=O) groups excluding carboxylic acids is 1. The van der Waals surface area contributed by atoms with E-state index in [1.54, 1.807) is 44.5 Å². The van der Waals surface area contributed by atoms with Crippen LogP contribution >= 0.6 is 0 Å². The molecule has 0 heterocycles. The summed E-state index contributed by atoms with van der Waals surface area (Å²) in [6, 6.07) is 11.4. The van der Waals surface area contributed by atoms with E-state index in [4.69, 9.17) is 9.47 Å². The van der Waals surface area contributed by atoms with E-state index in [0.717, 1.165) is 0 Å². The minimum Gasteiger partial charge on any atom is -0.611 e. The highest BCUT2D eigenvalue weighted by Gasteiger charge is 2.16. The van der Waals surface area contributed by atoms with Crippen LogP contribution in [0.25, 0.3) is 0 Å². The fourth-order valence-electron chi connectivity index (χ4n) is 2.77. The maximum atomic E-state index is 13.6. The van der Waals surface area contributed by atoms with Gasteiger partial charge in [-0.3, -0.25) is 4.79 Å². The van der Waals surface area contributed by atoms with Crippen LogP contribution in [0.2, 0.25) is 0 Å². The summed E-state index contributed by atoms with van der Waals surface area (Å²) < 4.78 is 36.8. The van der Waals surface area contributed by atoms with Gasteiger partial charge in [-0.1, -0.05) is 0 Å². The summed E-state index contributed by atoms with van der Waals surface area (Å²) >= 11 is -1.17. The zero-order chi connectivity index (χ0) is 21.4. The van der Waals surface area contributed by atoms with Crippen LogP contribution in [0, 0.1) is 5.82 Å². The van der Waals surface area contributed by atoms with Gasteiger partial charge >= 0.3 is 0 Å². The number of benzene rings is 2. The molecule has 0 bridgehead atoms. The fourth-order valence-corrected chi connectivity index (χ4v) is 3.86. The molecule has 29 heavy (non-hydrogen) atoms. The summed E-state index contributed by atoms with van der Waals surface area (Å²) in [5.41, 5.74) is 0.622. The molecule has 5 nitrogen and oxygen atoms in total. The van der Waals surface area contributed by atoms with Crippen molar-refractivity contribution >= 4 is 17.1 Å². The quantitative estimate of drug-likeness (QED) is 0.540. The zero-order valence-electron chi connectivity index (χ0n) is 17.3. The van der Waals surface area contributed by atoms with E-state index in [2.05, 4.69) is 0 Å². The molecule has 7 heteroatoms. The minimum absolute atomic E-state index is 0.0480. The van der Waals surface area contributed by atoms with E-state index in [1.807, 2.05) is 13.8 Å². The average Bonchev–Trinajstić information content (AvgIpc) is 2.69. The van der Waals surface area contributed by atoms with Crippen LogP contribution in [0.5, 0.6) is 11.5 Å². The summed E-state index contributed by atoms with van der Waals surface area (Å²) in [5, 5.41) is 0. The maximum Gasteiger partial charge on any atom is 0.222 e. The van der Waals surface area contributed by atoms with Crippen LogP contribution in [0.1, 0.15) is 32.3 Å². The van der Waals surface area contributed by atoms with Crippen molar-refractivity contribution in [2.75, 3.05) is 19.9 Å². The molecule has 0 aliphatic carbocycles. The molecule has 2 aromatic carbocycles. The van der Waals surface area contributed by atoms with E-state index in [0.29, 0.717) is 34.1 Å². The zero-order valence-corrected chi connectivity index (χ0v) is 18.1. The summed E-state index contributed by atoms with van der Waals surface area (Å²) in [5.74, 6) is 1.22. The molecule has 0 saturated carbocycles. The Balaban J connectivity index is 1.86. The normalized spacial score (nSPS) is 12.0. The molecule has 0 fully saturated rings. The molecular formula is C22H28FNO4S. The van der Waals surface area contributed by atoms with Crippen LogP contribution < -0.4 is 9.47 Å². The van der Waals surface area contributed by atoms with Gasteiger partial charge in [0.25, 0.3) is 0 Å². The largest absolute Gasteiger partial charge is 0.611 e. The number of hydrogen-bond acceptors (Lipinski definition) is 4. The molecule has 0 N–H and O–H groups in total. The number of halogens is 1. The Labute approximate surface area is 175 Å². The Morgan fingerprint density at radius 3 is 2.52 bits per heavy atom. The first-order valence-corrected chi connectivity index (χ1v) is 10.8. The van der Waals surface area contributed by atoms with Gasteiger partial charge in [-0.2, -0.15) is 0 Å². The molecule has 0 spiro atoms. The second kappa shape index (κ2) is 11.1. The van der Waals surface area contributed by atoms with Crippen LogP contribution in [0.15, 0.2) is 47.4 Å². The molecule has 0 aliphatic rings. The number of amides is 1. The SMILES string of the molecule is COc1ccc([S+]([O-])CCCC(=O)N(C)Cc2cc(F)ccc2OC(C)C)cc1. The first-order chi connectivity index (χ1) is 13.8. The molecular weight excluding hydrogens is 393 g/mol. The van der Waals surface area contributed by atoms with Gasteiger partial charge in [0, 0.05) is 32.0 Å². The van der Waals surface area contributed by atoms with Crippen molar-refractivity contribution in [1.82, 2.24) is 4.90 Å². The highest BCUT2D eigenvalue weighted by Crippen LogP contribution is 2.23. The van der Waals surface area contributed by atoms with Crippen LogP contribution in [0.4, 0.5) is 4.39 Å². The number of carbonyl (C=O) groups is 1. The highest BCUT2D eigenvalue weighted by molar-refractivity contribution is 7.91. The Kier molecular flexibility index (Phi) is 8.79. The van der Waals surface area contributed by atoms with Gasteiger partial charge in [0.1, 0.15) is 23.1 Å². The summed E-state index contributed by atoms with van der Waals surface area (Å²) in [6.07, 6.45) is 0.724. The van der Waals surface area contributed by atoms with Crippen molar-refractivity contribution < 1.29 is 23.2 Å². The third kappa shape index (κ3) is 7.25. The summed E-state index contributed by atoms with van der Waals surface area (Å²) in [6.45, 7) is 4.04. The minimum atomic E-state index is -1.17. The van der Waals surface area contributed by atoms with E-state index in [1.165, 1.54) is 17.0 Å². The molecule has 1 atom stereocenters. The predicted octanol–water partition coefficient (Wildman–Crippen LogP) is 4.17. The van der Waals surface area contributed by atoms with Crippen molar-refractivity contribution in [3.8, 4) is 11.5 Å². The number of methoxy groups -OCH3 is 1. The van der Waals surface area contributed by atoms with E-state index < -0.39 is 11.2 Å². The van der Waals surface area contributed by atoms with Crippen LogP contribution in [-0.2, 0) is 22.5 Å². The Bertz CT molecular complexity index is 798. The number of hydrogen-bond donors (Lipinski definition) is 0. The average molecular weight is 422 g/mol. The Morgan fingerprint density at radius 2 is 1.90 bits per heavy atom. The van der Waals surface area contributed by atoms with Crippen molar-refractivity contribution in [1.29, 1.82) is 0 Å². The molecule has 0 aromatic heterocycles. The number of ether oxygens (including phenoxy) is 2. The van der Waals surface area contributed by atoms with E-state index in [9.17, 15) is 13.7 Å². The highest BCUT2D eigenvalue weighted by atomic mass is 32.2. The monoisotopic (exact) mass is 421 g/mol. The van der Waals surface area contributed by atoms with Crippen molar-refractivity contribution in [2.45, 2.75) is 44.2 Å². The van der Waals surface area contributed by atoms with Crippen molar-refractivity contribution in [2.24, 2.45) is 0 Å². The summed E-state index contributed by atoms with van der Waals surface area (Å²) in [4.78, 5) is 14.7. The lowest BCUT2D eigenvalue weighted by molar-refractivity contribution is -0.130. The third-order valence-corrected chi connectivity index (χ3v) is 5.72. The predicted molar refractivity (Wildman–Crippen MR) is 112 cm³/mol. The molecule has 0 saturated heterocycles. The van der Waals surface area contributed by atoms with Gasteiger partial charge in [0.2, 0.25) is 5.91 Å². The Hall–Kier alpha value is -2.25. The maximum absolute atomic E-state index is 13.6. The standard InChI is InChI=1S/C22H28FNO4S/c1-16(2)28-21-12-7-18(23)14-17(21)15-24(3)22(25)6-5-13-29(26)20-10-8-19(27-4)9-11-20/h7-12,14,16H,5-6,13,15H2,1-4H3. The molecule has 1 amide bonds. The Morgan fingerprint density at radius 1 is 1.21 bits per heavy atom. The van der Waals surface area contributed by atoms with E-state index >= 15 is 0 Å². The van der Waals surface area contributed by atoms with E-state index in [-0.39, 0.29) is 30.8 Å². The lowest BCUT2D eigenvalue weighted by atomic mass is 10.1. The third-order valence-electron chi connectivity index (χ3n) is 4.26. The fraction of sp³-hybridized carbons (Fsp3) is 0.409. The first kappa shape index (κ1) is 23.0. The molecule has 2 aromatic rings. The van der Waals surface area contributed by atoms with Gasteiger partial charge < -0.3 is 18.9 Å². The molecule has 0 radical (unpaired) electrons. The van der Waals surface area contributed by atoms with Crippen molar-refractivity contribution in [3.05, 3.63) is 53.8 Å². The molecule has 2 rings (SSSR count). The van der Waals surface area contributed by atoms with Crippen LogP contribution in [0.3, 0.4) is 0 Å². The second-order valence-electron chi connectivity index (χ2n) is 7.00. The summed E-state index contributed by atoms with van der Waals surface area (Å²) in [7, 11) is 3.25. The lowest BCUT2D eigenvalue weighted by Gasteiger charge is -2.20. The van der Waals surface area contributed by atoms with Crippen molar-refractivity contribution in [3.63, 3.8) is 0 Å². The van der Waals surface area contributed by atoms with Gasteiger partial charge in [0.05, 0.1) is 13.2 Å². The molecule has 1 unspecified atom stereocenters. The number of nitrogens with zero attached hydrogens (tertiary/aromatic N) is 1. The topological polar surface area (TPSA) is 61.8 Å². The van der Waals surface area contributed by atoms with Crippen LogP contribution in [-0.4, -0.2) is 41.4 Å². The lowest BCUT2D eigenvalue weighted by Crippen LogP contribution is -2.27. The second-order valence-corrected chi connectivity index (χ2v) is 8.57.